The van der Waals surface area contributed by atoms with Gasteiger partial charge in [-0.05, 0) is 32.6 Å². The number of rotatable bonds is 29. The lowest BCUT2D eigenvalue weighted by Gasteiger charge is -2.16. The molecule has 2 heteroatoms. The van der Waals surface area contributed by atoms with Crippen LogP contribution >= 0.6 is 0 Å². The SMILES string of the molecule is CCCCCCCCCCCCCCCCCC(CCC)c1[nH]cc[n+]1C(C)CCCCCCCCCC. The molecule has 1 aromatic heterocycles. The van der Waals surface area contributed by atoms with Crippen LogP contribution < -0.4 is 4.57 Å². The van der Waals surface area contributed by atoms with Crippen LogP contribution in [0.15, 0.2) is 12.4 Å². The van der Waals surface area contributed by atoms with E-state index in [9.17, 15) is 0 Å². The quantitative estimate of drug-likeness (QED) is 0.0783. The van der Waals surface area contributed by atoms with Crippen LogP contribution in [-0.2, 0) is 0 Å². The van der Waals surface area contributed by atoms with E-state index in [1.165, 1.54) is 179 Å². The molecule has 1 aromatic rings. The third-order valence-electron chi connectivity index (χ3n) is 8.87. The molecule has 2 unspecified atom stereocenters. The summed E-state index contributed by atoms with van der Waals surface area (Å²) in [6.07, 6.45) is 42.8. The topological polar surface area (TPSA) is 19.7 Å². The lowest BCUT2D eigenvalue weighted by molar-refractivity contribution is -0.727. The summed E-state index contributed by atoms with van der Waals surface area (Å²) in [5, 5.41) is 0. The Labute approximate surface area is 240 Å². The highest BCUT2D eigenvalue weighted by atomic mass is 15.1. The van der Waals surface area contributed by atoms with Crippen LogP contribution in [0, 0.1) is 0 Å². The number of hydrogen-bond acceptors (Lipinski definition) is 0. The summed E-state index contributed by atoms with van der Waals surface area (Å²) in [7, 11) is 0. The first-order valence-corrected chi connectivity index (χ1v) is 17.8. The largest absolute Gasteiger partial charge is 0.257 e. The molecule has 0 aromatic carbocycles. The van der Waals surface area contributed by atoms with Crippen LogP contribution in [0.5, 0.6) is 0 Å². The smallest absolute Gasteiger partial charge is 0.247 e. The van der Waals surface area contributed by atoms with E-state index in [0.29, 0.717) is 12.0 Å². The van der Waals surface area contributed by atoms with Gasteiger partial charge in [-0.2, -0.15) is 0 Å². The van der Waals surface area contributed by atoms with Crippen LogP contribution in [0.3, 0.4) is 0 Å². The Morgan fingerprint density at radius 1 is 0.500 bits per heavy atom. The first-order valence-electron chi connectivity index (χ1n) is 17.8. The molecule has 1 rings (SSSR count). The molecule has 1 heterocycles. The van der Waals surface area contributed by atoms with Crippen LogP contribution in [0.25, 0.3) is 0 Å². The summed E-state index contributed by atoms with van der Waals surface area (Å²) in [5.41, 5.74) is 0. The van der Waals surface area contributed by atoms with E-state index >= 15 is 0 Å². The zero-order chi connectivity index (χ0) is 27.5. The molecule has 0 aliphatic carbocycles. The number of nitrogens with one attached hydrogen (secondary N) is 1. The Bertz CT molecular complexity index is 592. The minimum Gasteiger partial charge on any atom is -0.247 e. The zero-order valence-corrected chi connectivity index (χ0v) is 26.8. The maximum Gasteiger partial charge on any atom is 0.257 e. The lowest BCUT2D eigenvalue weighted by Crippen LogP contribution is -2.41. The fraction of sp³-hybridized carbons (Fsp3) is 0.917. The van der Waals surface area contributed by atoms with Gasteiger partial charge in [0.05, 0.1) is 12.0 Å². The molecule has 0 radical (unpaired) electrons. The van der Waals surface area contributed by atoms with Crippen molar-refractivity contribution in [2.24, 2.45) is 0 Å². The molecule has 224 valence electrons. The molecule has 0 aliphatic rings. The molecule has 1 N–H and O–H groups in total. The summed E-state index contributed by atoms with van der Waals surface area (Å²) in [6.45, 7) is 9.41. The fourth-order valence-corrected chi connectivity index (χ4v) is 6.31. The maximum absolute atomic E-state index is 3.67. The summed E-state index contributed by atoms with van der Waals surface area (Å²) in [4.78, 5) is 3.67. The number of aromatic amines is 1. The zero-order valence-electron chi connectivity index (χ0n) is 26.8. The van der Waals surface area contributed by atoms with E-state index in [2.05, 4.69) is 49.6 Å². The van der Waals surface area contributed by atoms with Crippen molar-refractivity contribution in [3.63, 3.8) is 0 Å². The fourth-order valence-electron chi connectivity index (χ4n) is 6.31. The van der Waals surface area contributed by atoms with E-state index in [0.717, 1.165) is 0 Å². The van der Waals surface area contributed by atoms with Crippen LogP contribution in [-0.4, -0.2) is 4.98 Å². The van der Waals surface area contributed by atoms with Crippen molar-refractivity contribution in [3.05, 3.63) is 18.2 Å². The number of hydrogen-bond donors (Lipinski definition) is 1. The first-order chi connectivity index (χ1) is 18.7. The van der Waals surface area contributed by atoms with Gasteiger partial charge in [0.2, 0.25) is 0 Å². The standard InChI is InChI=1S/C36H70N2/c1-5-8-10-12-14-16-17-18-19-20-21-22-24-26-28-31-35(29-7-3)36-37-32-33-38(36)34(4)30-27-25-23-15-13-11-9-6-2/h32-35H,5-31H2,1-4H3/p+1. The second-order valence-corrected chi connectivity index (χ2v) is 12.6. The molecule has 0 fully saturated rings. The molecule has 0 bridgehead atoms. The van der Waals surface area contributed by atoms with Gasteiger partial charge in [-0.3, -0.25) is 0 Å². The predicted molar refractivity (Wildman–Crippen MR) is 170 cm³/mol. The van der Waals surface area contributed by atoms with Gasteiger partial charge in [0.15, 0.2) is 0 Å². The van der Waals surface area contributed by atoms with Crippen molar-refractivity contribution in [1.82, 2.24) is 4.98 Å². The summed E-state index contributed by atoms with van der Waals surface area (Å²) in [5.74, 6) is 2.21. The van der Waals surface area contributed by atoms with Crippen molar-refractivity contribution < 1.29 is 4.57 Å². The monoisotopic (exact) mass is 532 g/mol. The Morgan fingerprint density at radius 2 is 0.895 bits per heavy atom. The molecule has 0 spiro atoms. The summed E-state index contributed by atoms with van der Waals surface area (Å²) < 4.78 is 2.59. The van der Waals surface area contributed by atoms with E-state index in [4.69, 9.17) is 0 Å². The molecular formula is C36H71N2+. The van der Waals surface area contributed by atoms with Crippen molar-refractivity contribution in [2.45, 2.75) is 213 Å². The number of aromatic nitrogens is 2. The minimum atomic E-state index is 0.622. The Hall–Kier alpha value is -0.790. The average Bonchev–Trinajstić information content (AvgIpc) is 3.41. The number of nitrogens with zero attached hydrogens (tertiary/aromatic N) is 1. The molecule has 2 nitrogen and oxygen atoms in total. The molecule has 0 amide bonds. The Kier molecular flexibility index (Phi) is 24.5. The van der Waals surface area contributed by atoms with Crippen molar-refractivity contribution in [3.8, 4) is 0 Å². The van der Waals surface area contributed by atoms with E-state index < -0.39 is 0 Å². The highest BCUT2D eigenvalue weighted by molar-refractivity contribution is 4.90. The Morgan fingerprint density at radius 3 is 1.32 bits per heavy atom. The highest BCUT2D eigenvalue weighted by Gasteiger charge is 2.24. The second kappa shape index (κ2) is 26.4. The molecule has 38 heavy (non-hydrogen) atoms. The minimum absolute atomic E-state index is 0.622. The van der Waals surface area contributed by atoms with Crippen LogP contribution in [0.4, 0.5) is 0 Å². The number of unbranched alkanes of at least 4 members (excludes halogenated alkanes) is 21. The third kappa shape index (κ3) is 18.5. The van der Waals surface area contributed by atoms with Crippen molar-refractivity contribution in [2.75, 3.05) is 0 Å². The number of imidazole rings is 1. The second-order valence-electron chi connectivity index (χ2n) is 12.6. The predicted octanol–water partition coefficient (Wildman–Crippen LogP) is 12.5. The normalized spacial score (nSPS) is 13.3. The average molecular weight is 532 g/mol. The summed E-state index contributed by atoms with van der Waals surface area (Å²) >= 11 is 0. The van der Waals surface area contributed by atoms with E-state index in [-0.39, 0.29) is 0 Å². The lowest BCUT2D eigenvalue weighted by atomic mass is 9.94. The first kappa shape index (κ1) is 35.2. The van der Waals surface area contributed by atoms with Gasteiger partial charge in [-0.25, -0.2) is 9.55 Å². The summed E-state index contributed by atoms with van der Waals surface area (Å²) in [6, 6.07) is 0.622. The van der Waals surface area contributed by atoms with Gasteiger partial charge in [-0.1, -0.05) is 168 Å². The third-order valence-corrected chi connectivity index (χ3v) is 8.87. The van der Waals surface area contributed by atoms with Gasteiger partial charge in [-0.15, -0.1) is 0 Å². The van der Waals surface area contributed by atoms with E-state index in [1.807, 2.05) is 0 Å². The molecule has 0 saturated heterocycles. The molecule has 0 saturated carbocycles. The molecule has 0 aliphatic heterocycles. The van der Waals surface area contributed by atoms with Gasteiger partial charge >= 0.3 is 0 Å². The van der Waals surface area contributed by atoms with Crippen LogP contribution in [0.1, 0.15) is 219 Å². The van der Waals surface area contributed by atoms with Gasteiger partial charge in [0.25, 0.3) is 5.82 Å². The van der Waals surface area contributed by atoms with Gasteiger partial charge in [0, 0.05) is 0 Å². The van der Waals surface area contributed by atoms with Gasteiger partial charge < -0.3 is 0 Å². The molecular weight excluding hydrogens is 460 g/mol. The van der Waals surface area contributed by atoms with E-state index in [1.54, 1.807) is 0 Å². The van der Waals surface area contributed by atoms with Gasteiger partial charge in [0.1, 0.15) is 12.4 Å². The van der Waals surface area contributed by atoms with Crippen molar-refractivity contribution in [1.29, 1.82) is 0 Å². The highest BCUT2D eigenvalue weighted by Crippen LogP contribution is 2.26. The number of H-pyrrole nitrogens is 1. The van der Waals surface area contributed by atoms with Crippen LogP contribution in [0.2, 0.25) is 0 Å². The van der Waals surface area contributed by atoms with Crippen molar-refractivity contribution >= 4 is 0 Å². The molecule has 2 atom stereocenters. The maximum atomic E-state index is 3.67. The Balaban J connectivity index is 2.15.